The van der Waals surface area contributed by atoms with Crippen molar-refractivity contribution in [2.45, 2.75) is 44.3 Å². The van der Waals surface area contributed by atoms with E-state index in [1.165, 1.54) is 0 Å². The van der Waals surface area contributed by atoms with E-state index in [0.717, 1.165) is 49.2 Å². The van der Waals surface area contributed by atoms with Gasteiger partial charge in [-0.05, 0) is 38.8 Å². The first-order valence-corrected chi connectivity index (χ1v) is 11.0. The summed E-state index contributed by atoms with van der Waals surface area (Å²) in [6, 6.07) is 7.87. The molecule has 3 aliphatic heterocycles. The first-order chi connectivity index (χ1) is 15.1. The van der Waals surface area contributed by atoms with Crippen LogP contribution in [0.3, 0.4) is 0 Å². The summed E-state index contributed by atoms with van der Waals surface area (Å²) < 4.78 is 10.7. The Kier molecular flexibility index (Phi) is 4.97. The van der Waals surface area contributed by atoms with Crippen LogP contribution in [0.1, 0.15) is 53.8 Å². The lowest BCUT2D eigenvalue weighted by molar-refractivity contribution is -0.137. The zero-order chi connectivity index (χ0) is 21.6. The second-order valence-corrected chi connectivity index (χ2v) is 8.59. The maximum absolute atomic E-state index is 13.8. The number of nitrogens with one attached hydrogen (secondary N) is 1. The average molecular weight is 425 g/mol. The highest BCUT2D eigenvalue weighted by atomic mass is 16.5. The summed E-state index contributed by atoms with van der Waals surface area (Å²) in [7, 11) is 1.66. The van der Waals surface area contributed by atoms with E-state index in [4.69, 9.17) is 9.47 Å². The van der Waals surface area contributed by atoms with E-state index >= 15 is 0 Å². The zero-order valence-electron chi connectivity index (χ0n) is 18.0. The molecule has 0 bridgehead atoms. The fraction of sp³-hybridized carbons (Fsp3) is 0.522. The van der Waals surface area contributed by atoms with Gasteiger partial charge in [0.25, 0.3) is 0 Å². The van der Waals surface area contributed by atoms with Gasteiger partial charge >= 0.3 is 5.97 Å². The lowest BCUT2D eigenvalue weighted by atomic mass is 9.85. The normalized spacial score (nSPS) is 27.4. The van der Waals surface area contributed by atoms with Crippen LogP contribution in [-0.2, 0) is 16.1 Å². The number of hydrogen-bond donors (Lipinski definition) is 1. The molecule has 0 saturated carbocycles. The van der Waals surface area contributed by atoms with Crippen molar-refractivity contribution in [3.63, 3.8) is 0 Å². The maximum Gasteiger partial charge on any atom is 0.356 e. The highest BCUT2D eigenvalue weighted by Gasteiger charge is 2.65. The average Bonchev–Trinajstić information content (AvgIpc) is 3.52. The van der Waals surface area contributed by atoms with Crippen LogP contribution in [0.4, 0.5) is 0 Å². The van der Waals surface area contributed by atoms with Crippen molar-refractivity contribution in [2.75, 3.05) is 26.8 Å². The molecule has 1 aromatic carbocycles. The maximum atomic E-state index is 13.8. The number of benzene rings is 1. The predicted molar refractivity (Wildman–Crippen MR) is 112 cm³/mol. The number of carbonyl (C=O) groups excluding carboxylic acids is 2. The van der Waals surface area contributed by atoms with Gasteiger partial charge in [-0.25, -0.2) is 4.79 Å². The molecule has 0 radical (unpaired) electrons. The van der Waals surface area contributed by atoms with Crippen molar-refractivity contribution in [1.82, 2.24) is 20.0 Å². The first-order valence-electron chi connectivity index (χ1n) is 11.0. The first kappa shape index (κ1) is 20.1. The molecule has 3 aliphatic rings. The molecule has 1 spiro atoms. The van der Waals surface area contributed by atoms with Gasteiger partial charge in [0, 0.05) is 36.2 Å². The molecule has 0 aliphatic carbocycles. The molecule has 3 fully saturated rings. The van der Waals surface area contributed by atoms with Crippen LogP contribution in [0.15, 0.2) is 30.5 Å². The van der Waals surface area contributed by atoms with Gasteiger partial charge in [-0.1, -0.05) is 18.2 Å². The molecule has 2 aromatic rings. The minimum Gasteiger partial charge on any atom is -0.496 e. The number of ether oxygens (including phenoxy) is 2. The molecule has 3 saturated heterocycles. The third kappa shape index (κ3) is 2.96. The van der Waals surface area contributed by atoms with E-state index in [-0.39, 0.29) is 23.8 Å². The Morgan fingerprint density at radius 2 is 2.19 bits per heavy atom. The molecule has 1 aromatic heterocycles. The fourth-order valence-corrected chi connectivity index (χ4v) is 5.96. The number of H-pyrrole nitrogens is 1. The molecule has 8 nitrogen and oxygen atoms in total. The number of aromatic nitrogens is 2. The van der Waals surface area contributed by atoms with Gasteiger partial charge < -0.3 is 14.4 Å². The number of rotatable bonds is 6. The Morgan fingerprint density at radius 1 is 1.35 bits per heavy atom. The summed E-state index contributed by atoms with van der Waals surface area (Å²) in [5, 5.41) is 6.94. The van der Waals surface area contributed by atoms with Crippen molar-refractivity contribution in [3.8, 4) is 5.75 Å². The number of aromatic amines is 1. The minimum atomic E-state index is -0.476. The van der Waals surface area contributed by atoms with Crippen LogP contribution in [0.25, 0.3) is 0 Å². The van der Waals surface area contributed by atoms with Crippen molar-refractivity contribution < 1.29 is 19.1 Å². The van der Waals surface area contributed by atoms with E-state index in [1.807, 2.05) is 29.2 Å². The highest BCUT2D eigenvalue weighted by molar-refractivity contribution is 5.91. The number of carbonyl (C=O) groups is 2. The SMILES string of the molecule is CCOC(=O)c1[nH]ncc1[C@@H]1C[C@H]2CN(Cc3ccccc3OC)C(=O)[C@]23CCCN13. The Bertz CT molecular complexity index is 1000. The number of esters is 1. The molecule has 31 heavy (non-hydrogen) atoms. The van der Waals surface area contributed by atoms with Crippen LogP contribution >= 0.6 is 0 Å². The third-order valence-corrected chi connectivity index (χ3v) is 7.19. The number of methoxy groups -OCH3 is 1. The predicted octanol–water partition coefficient (Wildman–Crippen LogP) is 2.53. The van der Waals surface area contributed by atoms with E-state index in [0.29, 0.717) is 18.8 Å². The van der Waals surface area contributed by atoms with Crippen molar-refractivity contribution in [1.29, 1.82) is 0 Å². The topological polar surface area (TPSA) is 87.8 Å². The van der Waals surface area contributed by atoms with Crippen molar-refractivity contribution in [2.24, 2.45) is 5.92 Å². The molecule has 164 valence electrons. The lowest BCUT2D eigenvalue weighted by Gasteiger charge is -2.33. The molecule has 5 rings (SSSR count). The number of amides is 1. The monoisotopic (exact) mass is 424 g/mol. The van der Waals surface area contributed by atoms with Crippen molar-refractivity contribution in [3.05, 3.63) is 47.3 Å². The summed E-state index contributed by atoms with van der Waals surface area (Å²) in [6.45, 7) is 4.23. The smallest absolute Gasteiger partial charge is 0.356 e. The molecular weight excluding hydrogens is 396 g/mol. The van der Waals surface area contributed by atoms with E-state index in [1.54, 1.807) is 20.2 Å². The van der Waals surface area contributed by atoms with Crippen LogP contribution in [-0.4, -0.2) is 64.2 Å². The number of para-hydroxylation sites is 1. The van der Waals surface area contributed by atoms with Gasteiger partial charge in [0.05, 0.1) is 19.9 Å². The molecule has 4 heterocycles. The summed E-state index contributed by atoms with van der Waals surface area (Å²) in [6.07, 6.45) is 4.40. The van der Waals surface area contributed by atoms with Gasteiger partial charge in [0.2, 0.25) is 5.91 Å². The molecule has 3 atom stereocenters. The summed E-state index contributed by atoms with van der Waals surface area (Å²) in [5.41, 5.74) is 1.80. The lowest BCUT2D eigenvalue weighted by Crippen LogP contribution is -2.49. The summed E-state index contributed by atoms with van der Waals surface area (Å²) in [4.78, 5) is 30.5. The van der Waals surface area contributed by atoms with Gasteiger partial charge in [-0.2, -0.15) is 5.10 Å². The second-order valence-electron chi connectivity index (χ2n) is 8.59. The Balaban J connectivity index is 1.42. The van der Waals surface area contributed by atoms with Gasteiger partial charge in [-0.3, -0.25) is 14.8 Å². The fourth-order valence-electron chi connectivity index (χ4n) is 5.96. The Morgan fingerprint density at radius 3 is 3.00 bits per heavy atom. The highest BCUT2D eigenvalue weighted by Crippen LogP contribution is 2.56. The quantitative estimate of drug-likeness (QED) is 0.717. The van der Waals surface area contributed by atoms with Gasteiger partial charge in [0.1, 0.15) is 17.0 Å². The van der Waals surface area contributed by atoms with Crippen LogP contribution in [0.2, 0.25) is 0 Å². The van der Waals surface area contributed by atoms with Crippen LogP contribution < -0.4 is 4.74 Å². The van der Waals surface area contributed by atoms with Crippen LogP contribution in [0, 0.1) is 5.92 Å². The second kappa shape index (κ2) is 7.67. The molecular formula is C23H28N4O4. The Labute approximate surface area is 181 Å². The number of nitrogens with zero attached hydrogens (tertiary/aromatic N) is 3. The van der Waals surface area contributed by atoms with Crippen molar-refractivity contribution >= 4 is 11.9 Å². The number of likely N-dealkylation sites (tertiary alicyclic amines) is 1. The van der Waals surface area contributed by atoms with Crippen LogP contribution in [0.5, 0.6) is 5.75 Å². The molecule has 1 N–H and O–H groups in total. The van der Waals surface area contributed by atoms with E-state index in [2.05, 4.69) is 15.1 Å². The molecule has 0 unspecified atom stereocenters. The molecule has 8 heteroatoms. The van der Waals surface area contributed by atoms with E-state index in [9.17, 15) is 9.59 Å². The third-order valence-electron chi connectivity index (χ3n) is 7.19. The Hall–Kier alpha value is -2.87. The summed E-state index contributed by atoms with van der Waals surface area (Å²) >= 11 is 0. The van der Waals surface area contributed by atoms with Gasteiger partial charge in [-0.15, -0.1) is 0 Å². The van der Waals surface area contributed by atoms with E-state index < -0.39 is 5.54 Å². The van der Waals surface area contributed by atoms with Gasteiger partial charge in [0.15, 0.2) is 0 Å². The standard InChI is InChI=1S/C23H28N4O4/c1-3-31-21(28)20-17(12-24-25-20)18-11-16-14-26(13-15-7-4-5-8-19(15)30-2)22(29)23(16)9-6-10-27(18)23/h4-5,7-8,12,16,18H,3,6,9-11,13-14H2,1-2H3,(H,24,25)/t16-,18-,23-/m0/s1. The number of hydrogen-bond acceptors (Lipinski definition) is 6. The zero-order valence-corrected chi connectivity index (χ0v) is 18.0. The minimum absolute atomic E-state index is 0.00279. The largest absolute Gasteiger partial charge is 0.496 e. The summed E-state index contributed by atoms with van der Waals surface area (Å²) in [5.74, 6) is 0.852. The molecule has 1 amide bonds.